The lowest BCUT2D eigenvalue weighted by Gasteiger charge is -2.05. The molecule has 0 aliphatic carbocycles. The number of hydrogen-bond acceptors (Lipinski definition) is 5. The summed E-state index contributed by atoms with van der Waals surface area (Å²) in [5.74, 6) is -1.26. The summed E-state index contributed by atoms with van der Waals surface area (Å²) in [4.78, 5) is 40.7. The summed E-state index contributed by atoms with van der Waals surface area (Å²) >= 11 is 1.41. The molecule has 23 heavy (non-hydrogen) atoms. The lowest BCUT2D eigenvalue weighted by molar-refractivity contribution is -0.137. The van der Waals surface area contributed by atoms with Crippen LogP contribution in [0.1, 0.15) is 46.6 Å². The highest BCUT2D eigenvalue weighted by Crippen LogP contribution is 2.18. The van der Waals surface area contributed by atoms with Crippen LogP contribution in [-0.2, 0) is 4.79 Å². The van der Waals surface area contributed by atoms with Crippen LogP contribution in [0.15, 0.2) is 11.0 Å². The molecule has 1 amide bonds. The fraction of sp³-hybridized carbons (Fsp3) is 0.467. The minimum Gasteiger partial charge on any atom is -0.481 e. The maximum Gasteiger partial charge on any atom is 0.303 e. The van der Waals surface area contributed by atoms with Crippen molar-refractivity contribution >= 4 is 28.2 Å². The van der Waals surface area contributed by atoms with Crippen LogP contribution in [0.5, 0.6) is 0 Å². The number of amides is 1. The Morgan fingerprint density at radius 2 is 2.04 bits per heavy atom. The van der Waals surface area contributed by atoms with E-state index in [4.69, 9.17) is 5.11 Å². The highest BCUT2D eigenvalue weighted by atomic mass is 32.1. The Morgan fingerprint density at radius 3 is 2.74 bits per heavy atom. The third kappa shape index (κ3) is 3.95. The average molecular weight is 337 g/mol. The number of rotatable bonds is 7. The molecule has 2 aromatic rings. The Morgan fingerprint density at radius 1 is 1.30 bits per heavy atom. The minimum atomic E-state index is -0.817. The van der Waals surface area contributed by atoms with Gasteiger partial charge in [-0.05, 0) is 26.7 Å². The molecule has 2 rings (SSSR count). The van der Waals surface area contributed by atoms with Gasteiger partial charge in [0.25, 0.3) is 11.5 Å². The van der Waals surface area contributed by atoms with Gasteiger partial charge in [-0.2, -0.15) is 0 Å². The second-order valence-electron chi connectivity index (χ2n) is 5.30. The Bertz CT molecular complexity index is 794. The SMILES string of the molecule is Cc1sc2ncc(C(=O)NCCCCCC(=O)O)c(=O)n2c1C. The van der Waals surface area contributed by atoms with E-state index in [0.717, 1.165) is 10.6 Å². The van der Waals surface area contributed by atoms with E-state index >= 15 is 0 Å². The Kier molecular flexibility index (Phi) is 5.49. The van der Waals surface area contributed by atoms with Gasteiger partial charge >= 0.3 is 5.97 Å². The molecule has 0 unspecified atom stereocenters. The minimum absolute atomic E-state index is 0.0222. The molecular formula is C15H19N3O4S. The third-order valence-electron chi connectivity index (χ3n) is 3.62. The van der Waals surface area contributed by atoms with Crippen molar-refractivity contribution < 1.29 is 14.7 Å². The summed E-state index contributed by atoms with van der Waals surface area (Å²) in [5, 5.41) is 11.2. The zero-order chi connectivity index (χ0) is 17.0. The predicted octanol–water partition coefficient (Wildman–Crippen LogP) is 1.75. The van der Waals surface area contributed by atoms with Gasteiger partial charge in [0.2, 0.25) is 0 Å². The number of nitrogens with zero attached hydrogens (tertiary/aromatic N) is 2. The van der Waals surface area contributed by atoms with Gasteiger partial charge in [0.15, 0.2) is 4.96 Å². The van der Waals surface area contributed by atoms with E-state index in [2.05, 4.69) is 10.3 Å². The summed E-state index contributed by atoms with van der Waals surface area (Å²) in [7, 11) is 0. The van der Waals surface area contributed by atoms with Crippen LogP contribution < -0.4 is 10.9 Å². The van der Waals surface area contributed by atoms with E-state index in [0.29, 0.717) is 30.8 Å². The molecule has 2 aromatic heterocycles. The lowest BCUT2D eigenvalue weighted by Crippen LogP contribution is -2.32. The third-order valence-corrected chi connectivity index (χ3v) is 4.69. The number of aryl methyl sites for hydroxylation is 2. The standard InChI is InChI=1S/C15H19N3O4S/c1-9-10(2)23-15-17-8-11(14(22)18(9)15)13(21)16-7-5-3-4-6-12(19)20/h8H,3-7H2,1-2H3,(H,16,21)(H,19,20). The van der Waals surface area contributed by atoms with Crippen LogP contribution in [0, 0.1) is 13.8 Å². The zero-order valence-electron chi connectivity index (χ0n) is 13.1. The fourth-order valence-electron chi connectivity index (χ4n) is 2.21. The second kappa shape index (κ2) is 7.36. The summed E-state index contributed by atoms with van der Waals surface area (Å²) in [5.41, 5.74) is 0.458. The molecule has 124 valence electrons. The molecule has 0 atom stereocenters. The van der Waals surface area contributed by atoms with Crippen LogP contribution in [0.3, 0.4) is 0 Å². The molecule has 0 saturated carbocycles. The Labute approximate surface area is 137 Å². The highest BCUT2D eigenvalue weighted by molar-refractivity contribution is 7.17. The van der Waals surface area contributed by atoms with E-state index in [1.54, 1.807) is 0 Å². The van der Waals surface area contributed by atoms with E-state index in [-0.39, 0.29) is 17.5 Å². The van der Waals surface area contributed by atoms with Gasteiger partial charge in [-0.25, -0.2) is 4.98 Å². The molecule has 0 aromatic carbocycles. The molecule has 2 heterocycles. The van der Waals surface area contributed by atoms with E-state index < -0.39 is 11.9 Å². The van der Waals surface area contributed by atoms with Gasteiger partial charge < -0.3 is 10.4 Å². The van der Waals surface area contributed by atoms with Crippen molar-refractivity contribution in [2.45, 2.75) is 39.5 Å². The van der Waals surface area contributed by atoms with Crippen molar-refractivity contribution in [2.24, 2.45) is 0 Å². The number of carbonyl (C=O) groups excluding carboxylic acids is 1. The van der Waals surface area contributed by atoms with E-state index in [9.17, 15) is 14.4 Å². The maximum atomic E-state index is 12.4. The number of carbonyl (C=O) groups is 2. The van der Waals surface area contributed by atoms with Crippen LogP contribution in [0.25, 0.3) is 4.96 Å². The van der Waals surface area contributed by atoms with Crippen molar-refractivity contribution in [3.63, 3.8) is 0 Å². The van der Waals surface area contributed by atoms with Crippen LogP contribution >= 0.6 is 11.3 Å². The van der Waals surface area contributed by atoms with Crippen LogP contribution in [0.2, 0.25) is 0 Å². The molecule has 0 saturated heterocycles. The quantitative estimate of drug-likeness (QED) is 0.750. The molecule has 0 bridgehead atoms. The summed E-state index contributed by atoms with van der Waals surface area (Å²) in [6.07, 6.45) is 3.41. The molecule has 0 spiro atoms. The highest BCUT2D eigenvalue weighted by Gasteiger charge is 2.16. The largest absolute Gasteiger partial charge is 0.481 e. The number of fused-ring (bicyclic) bond motifs is 1. The average Bonchev–Trinajstić information content (AvgIpc) is 2.78. The second-order valence-corrected chi connectivity index (χ2v) is 6.48. The number of carboxylic acid groups (broad SMARTS) is 1. The monoisotopic (exact) mass is 337 g/mol. The molecular weight excluding hydrogens is 318 g/mol. The van der Waals surface area contributed by atoms with Crippen LogP contribution in [-0.4, -0.2) is 32.9 Å². The fourth-order valence-corrected chi connectivity index (χ4v) is 3.14. The lowest BCUT2D eigenvalue weighted by atomic mass is 10.2. The summed E-state index contributed by atoms with van der Waals surface area (Å²) in [6, 6.07) is 0. The number of nitrogens with one attached hydrogen (secondary N) is 1. The molecule has 8 heteroatoms. The molecule has 2 N–H and O–H groups in total. The first kappa shape index (κ1) is 17.1. The van der Waals surface area contributed by atoms with Gasteiger partial charge in [-0.1, -0.05) is 6.42 Å². The zero-order valence-corrected chi connectivity index (χ0v) is 13.9. The van der Waals surface area contributed by atoms with E-state index in [1.165, 1.54) is 21.9 Å². The molecule has 0 aliphatic heterocycles. The van der Waals surface area contributed by atoms with Crippen molar-refractivity contribution in [2.75, 3.05) is 6.54 Å². The maximum absolute atomic E-state index is 12.4. The molecule has 7 nitrogen and oxygen atoms in total. The Balaban J connectivity index is 1.99. The van der Waals surface area contributed by atoms with Crippen molar-refractivity contribution in [1.29, 1.82) is 0 Å². The van der Waals surface area contributed by atoms with Gasteiger partial charge in [-0.3, -0.25) is 18.8 Å². The number of aliphatic carboxylic acids is 1. The van der Waals surface area contributed by atoms with E-state index in [1.807, 2.05) is 13.8 Å². The van der Waals surface area contributed by atoms with Crippen molar-refractivity contribution in [3.05, 3.63) is 32.7 Å². The number of aromatic nitrogens is 2. The molecule has 0 radical (unpaired) electrons. The topological polar surface area (TPSA) is 101 Å². The number of thiazole rings is 1. The Hall–Kier alpha value is -2.22. The number of carboxylic acids is 1. The summed E-state index contributed by atoms with van der Waals surface area (Å²) < 4.78 is 1.46. The number of hydrogen-bond donors (Lipinski definition) is 2. The van der Waals surface area contributed by atoms with Gasteiger partial charge in [0.1, 0.15) is 5.56 Å². The van der Waals surface area contributed by atoms with Gasteiger partial charge in [0.05, 0.1) is 0 Å². The molecule has 0 fully saturated rings. The van der Waals surface area contributed by atoms with Gasteiger partial charge in [0, 0.05) is 29.7 Å². The normalized spacial score (nSPS) is 10.9. The first-order valence-electron chi connectivity index (χ1n) is 7.39. The molecule has 0 aliphatic rings. The first-order chi connectivity index (χ1) is 10.9. The van der Waals surface area contributed by atoms with Crippen LogP contribution in [0.4, 0.5) is 0 Å². The predicted molar refractivity (Wildman–Crippen MR) is 87.3 cm³/mol. The van der Waals surface area contributed by atoms with Crippen molar-refractivity contribution in [1.82, 2.24) is 14.7 Å². The van der Waals surface area contributed by atoms with Gasteiger partial charge in [-0.15, -0.1) is 11.3 Å². The number of unbranched alkanes of at least 4 members (excludes halogenated alkanes) is 2. The van der Waals surface area contributed by atoms with Crippen molar-refractivity contribution in [3.8, 4) is 0 Å². The first-order valence-corrected chi connectivity index (χ1v) is 8.21. The summed E-state index contributed by atoms with van der Waals surface area (Å²) in [6.45, 7) is 4.14. The smallest absolute Gasteiger partial charge is 0.303 e.